The number of ether oxygens (including phenoxy) is 2. The number of pyridine rings is 1. The molecule has 40 heavy (non-hydrogen) atoms. The Morgan fingerprint density at radius 2 is 0.975 bits per heavy atom. The summed E-state index contributed by atoms with van der Waals surface area (Å²) in [6.07, 6.45) is 1.78. The first-order valence-corrected chi connectivity index (χ1v) is 12.8. The first-order valence-electron chi connectivity index (χ1n) is 12.8. The first-order chi connectivity index (χ1) is 19.7. The Bertz CT molecular complexity index is 1630. The van der Waals surface area contributed by atoms with Crippen LogP contribution in [0.25, 0.3) is 34.2 Å². The van der Waals surface area contributed by atoms with Crippen LogP contribution < -0.4 is 14.4 Å². The minimum atomic E-state index is 0.454. The number of rotatable bonds is 8. The summed E-state index contributed by atoms with van der Waals surface area (Å²) in [5, 5.41) is 8.59. The standard InChI is InChI=1S/C33H26N4O3/c1-38-29-18-14-27(15-19-29)37(28-16-20-30(39-2)21-17-28)26-12-10-25(11-13-26)33-36-35-32(40-33)24-8-6-23(7-9-24)31-5-3-4-22-34-31/h3-22H,1-2H3. The van der Waals surface area contributed by atoms with Crippen LogP contribution in [0.15, 0.2) is 126 Å². The van der Waals surface area contributed by atoms with E-state index in [1.165, 1.54) is 0 Å². The van der Waals surface area contributed by atoms with Gasteiger partial charge in [-0.1, -0.05) is 18.2 Å². The van der Waals surface area contributed by atoms with E-state index in [-0.39, 0.29) is 0 Å². The van der Waals surface area contributed by atoms with Gasteiger partial charge in [0.15, 0.2) is 0 Å². The van der Waals surface area contributed by atoms with E-state index in [0.717, 1.165) is 50.9 Å². The van der Waals surface area contributed by atoms with Crippen molar-refractivity contribution in [1.82, 2.24) is 15.2 Å². The van der Waals surface area contributed by atoms with Crippen molar-refractivity contribution in [2.24, 2.45) is 0 Å². The second-order valence-corrected chi connectivity index (χ2v) is 8.98. The minimum absolute atomic E-state index is 0.454. The van der Waals surface area contributed by atoms with Gasteiger partial charge in [-0.3, -0.25) is 4.98 Å². The maximum Gasteiger partial charge on any atom is 0.248 e. The fourth-order valence-corrected chi connectivity index (χ4v) is 4.44. The molecule has 0 atom stereocenters. The molecule has 6 aromatic rings. The molecule has 0 saturated carbocycles. The SMILES string of the molecule is COc1ccc(N(c2ccc(OC)cc2)c2ccc(-c3nnc(-c4ccc(-c5ccccn5)cc4)o3)cc2)cc1. The van der Waals surface area contributed by atoms with Crippen LogP contribution in [0, 0.1) is 0 Å². The zero-order chi connectivity index (χ0) is 27.3. The molecule has 0 saturated heterocycles. The summed E-state index contributed by atoms with van der Waals surface area (Å²) in [5.74, 6) is 2.51. The van der Waals surface area contributed by atoms with Crippen molar-refractivity contribution in [2.45, 2.75) is 0 Å². The highest BCUT2D eigenvalue weighted by Gasteiger charge is 2.15. The molecule has 196 valence electrons. The molecule has 0 bridgehead atoms. The predicted octanol–water partition coefficient (Wildman–Crippen LogP) is 7.95. The summed E-state index contributed by atoms with van der Waals surface area (Å²) in [6, 6.07) is 37.7. The van der Waals surface area contributed by atoms with E-state index in [4.69, 9.17) is 13.9 Å². The van der Waals surface area contributed by atoms with Crippen LogP contribution in [0.5, 0.6) is 11.5 Å². The van der Waals surface area contributed by atoms with E-state index in [1.54, 1.807) is 20.4 Å². The summed E-state index contributed by atoms with van der Waals surface area (Å²) in [7, 11) is 3.32. The molecule has 2 aromatic heterocycles. The topological polar surface area (TPSA) is 73.5 Å². The molecule has 7 heteroatoms. The summed E-state index contributed by atoms with van der Waals surface area (Å²) < 4.78 is 16.8. The molecule has 0 amide bonds. The van der Waals surface area contributed by atoms with Crippen LogP contribution in [-0.4, -0.2) is 29.4 Å². The zero-order valence-corrected chi connectivity index (χ0v) is 22.1. The third-order valence-electron chi connectivity index (χ3n) is 6.55. The fraction of sp³-hybridized carbons (Fsp3) is 0.0606. The van der Waals surface area contributed by atoms with E-state index in [9.17, 15) is 0 Å². The Kier molecular flexibility index (Phi) is 6.92. The molecule has 0 fully saturated rings. The Labute approximate surface area is 232 Å². The van der Waals surface area contributed by atoms with Crippen molar-refractivity contribution in [2.75, 3.05) is 19.1 Å². The van der Waals surface area contributed by atoms with E-state index in [1.807, 2.05) is 115 Å². The van der Waals surface area contributed by atoms with Crippen LogP contribution in [-0.2, 0) is 0 Å². The monoisotopic (exact) mass is 526 g/mol. The van der Waals surface area contributed by atoms with Gasteiger partial charge in [0, 0.05) is 39.9 Å². The van der Waals surface area contributed by atoms with Gasteiger partial charge in [0.1, 0.15) is 11.5 Å². The van der Waals surface area contributed by atoms with Crippen LogP contribution in [0.4, 0.5) is 17.1 Å². The van der Waals surface area contributed by atoms with E-state index >= 15 is 0 Å². The third-order valence-corrected chi connectivity index (χ3v) is 6.55. The largest absolute Gasteiger partial charge is 0.497 e. The number of anilines is 3. The maximum atomic E-state index is 6.04. The average molecular weight is 527 g/mol. The van der Waals surface area contributed by atoms with Gasteiger partial charge in [0.2, 0.25) is 11.8 Å². The minimum Gasteiger partial charge on any atom is -0.497 e. The third kappa shape index (κ3) is 5.13. The number of aromatic nitrogens is 3. The Morgan fingerprint density at radius 3 is 1.43 bits per heavy atom. The van der Waals surface area contributed by atoms with Crippen molar-refractivity contribution in [3.05, 3.63) is 121 Å². The van der Waals surface area contributed by atoms with Gasteiger partial charge in [0.05, 0.1) is 19.9 Å². The molecule has 0 spiro atoms. The van der Waals surface area contributed by atoms with Gasteiger partial charge >= 0.3 is 0 Å². The van der Waals surface area contributed by atoms with Gasteiger partial charge in [-0.25, -0.2) is 0 Å². The van der Waals surface area contributed by atoms with Gasteiger partial charge in [-0.15, -0.1) is 10.2 Å². The van der Waals surface area contributed by atoms with Crippen molar-refractivity contribution >= 4 is 17.1 Å². The predicted molar refractivity (Wildman–Crippen MR) is 156 cm³/mol. The van der Waals surface area contributed by atoms with Crippen LogP contribution in [0.1, 0.15) is 0 Å². The van der Waals surface area contributed by atoms with Gasteiger partial charge < -0.3 is 18.8 Å². The smallest absolute Gasteiger partial charge is 0.248 e. The molecule has 0 radical (unpaired) electrons. The van der Waals surface area contributed by atoms with Crippen molar-refractivity contribution < 1.29 is 13.9 Å². The number of hydrogen-bond acceptors (Lipinski definition) is 7. The lowest BCUT2D eigenvalue weighted by Gasteiger charge is -2.25. The second-order valence-electron chi connectivity index (χ2n) is 8.98. The van der Waals surface area contributed by atoms with E-state index in [2.05, 4.69) is 20.1 Å². The fourth-order valence-electron chi connectivity index (χ4n) is 4.44. The molecule has 0 unspecified atom stereocenters. The summed E-state index contributed by atoms with van der Waals surface area (Å²) in [6.45, 7) is 0. The molecule has 0 N–H and O–H groups in total. The quantitative estimate of drug-likeness (QED) is 0.199. The van der Waals surface area contributed by atoms with Crippen molar-refractivity contribution in [3.8, 4) is 45.7 Å². The molecule has 4 aromatic carbocycles. The number of hydrogen-bond donors (Lipinski definition) is 0. The second kappa shape index (κ2) is 11.1. The molecule has 0 aliphatic rings. The maximum absolute atomic E-state index is 6.04. The Morgan fingerprint density at radius 1 is 0.525 bits per heavy atom. The van der Waals surface area contributed by atoms with Crippen molar-refractivity contribution in [1.29, 1.82) is 0 Å². The lowest BCUT2D eigenvalue weighted by Crippen LogP contribution is -2.09. The van der Waals surface area contributed by atoms with Gasteiger partial charge in [-0.05, 0) is 97.1 Å². The first kappa shape index (κ1) is 24.9. The summed E-state index contributed by atoms with van der Waals surface area (Å²) >= 11 is 0. The highest BCUT2D eigenvalue weighted by atomic mass is 16.5. The summed E-state index contributed by atoms with van der Waals surface area (Å²) in [4.78, 5) is 6.56. The Hall–Kier alpha value is -5.43. The molecular weight excluding hydrogens is 500 g/mol. The lowest BCUT2D eigenvalue weighted by molar-refractivity contribution is 0.415. The number of benzene rings is 4. The van der Waals surface area contributed by atoms with Crippen molar-refractivity contribution in [3.63, 3.8) is 0 Å². The van der Waals surface area contributed by atoms with Gasteiger partial charge in [-0.2, -0.15) is 0 Å². The lowest BCUT2D eigenvalue weighted by atomic mass is 10.1. The van der Waals surface area contributed by atoms with Crippen LogP contribution in [0.3, 0.4) is 0 Å². The molecule has 0 aliphatic heterocycles. The normalized spacial score (nSPS) is 10.8. The zero-order valence-electron chi connectivity index (χ0n) is 22.1. The number of nitrogens with zero attached hydrogens (tertiary/aromatic N) is 4. The molecule has 7 nitrogen and oxygen atoms in total. The van der Waals surface area contributed by atoms with E-state index < -0.39 is 0 Å². The van der Waals surface area contributed by atoms with Crippen LogP contribution >= 0.6 is 0 Å². The van der Waals surface area contributed by atoms with E-state index in [0.29, 0.717) is 11.8 Å². The Balaban J connectivity index is 1.27. The molecule has 6 rings (SSSR count). The number of methoxy groups -OCH3 is 2. The average Bonchev–Trinajstić information content (AvgIpc) is 3.53. The molecule has 2 heterocycles. The summed E-state index contributed by atoms with van der Waals surface area (Å²) in [5.41, 5.74) is 6.58. The molecular formula is C33H26N4O3. The highest BCUT2D eigenvalue weighted by Crippen LogP contribution is 2.37. The molecule has 0 aliphatic carbocycles. The highest BCUT2D eigenvalue weighted by molar-refractivity contribution is 5.78. The van der Waals surface area contributed by atoms with Crippen LogP contribution in [0.2, 0.25) is 0 Å². The van der Waals surface area contributed by atoms with Gasteiger partial charge in [0.25, 0.3) is 0 Å².